The third-order valence-electron chi connectivity index (χ3n) is 6.87. The van der Waals surface area contributed by atoms with Crippen molar-refractivity contribution in [1.29, 1.82) is 0 Å². The summed E-state index contributed by atoms with van der Waals surface area (Å²) in [6, 6.07) is 13.6. The highest BCUT2D eigenvalue weighted by atomic mass is 32.1. The van der Waals surface area contributed by atoms with Crippen molar-refractivity contribution in [1.82, 2.24) is 14.8 Å². The summed E-state index contributed by atoms with van der Waals surface area (Å²) in [5.74, 6) is -1.05. The Morgan fingerprint density at radius 1 is 1.05 bits per heavy atom. The second kappa shape index (κ2) is 11.3. The van der Waals surface area contributed by atoms with Crippen molar-refractivity contribution in [3.63, 3.8) is 0 Å². The highest BCUT2D eigenvalue weighted by molar-refractivity contribution is 7.13. The van der Waals surface area contributed by atoms with E-state index >= 15 is 0 Å². The lowest BCUT2D eigenvalue weighted by atomic mass is 10.1. The minimum Gasteiger partial charge on any atom is -0.368 e. The van der Waals surface area contributed by atoms with Crippen molar-refractivity contribution in [3.8, 4) is 0 Å². The number of nitrogens with one attached hydrogen (secondary N) is 1. The average Bonchev–Trinajstić information content (AvgIpc) is 3.67. The van der Waals surface area contributed by atoms with Crippen LogP contribution < -0.4 is 10.2 Å². The molecule has 8 nitrogen and oxygen atoms in total. The van der Waals surface area contributed by atoms with Gasteiger partial charge >= 0.3 is 0 Å². The zero-order valence-corrected chi connectivity index (χ0v) is 22.0. The Hall–Kier alpha value is -3.79. The fourth-order valence-corrected chi connectivity index (χ4v) is 5.38. The molecule has 3 amide bonds. The number of carbonyl (C=O) groups is 3. The summed E-state index contributed by atoms with van der Waals surface area (Å²) < 4.78 is 13.2. The van der Waals surface area contributed by atoms with E-state index in [9.17, 15) is 18.8 Å². The Morgan fingerprint density at radius 3 is 2.45 bits per heavy atom. The van der Waals surface area contributed by atoms with E-state index in [0.29, 0.717) is 29.5 Å². The molecular weight excluding hydrogens is 505 g/mol. The minimum atomic E-state index is -0.417. The Bertz CT molecular complexity index is 1320. The summed E-state index contributed by atoms with van der Waals surface area (Å²) in [6.45, 7) is 4.85. The standard InChI is InChI=1S/C28H30FN5O3S/c1-19-4-2-3-5-24(19)32-12-14-33(15-13-32)26(36)16-22-18-38-28(30-22)31-25(35)17-34(23-10-11-23)27(37)20-6-8-21(29)9-7-20/h2-9,18,23H,10-17H2,1H3,(H,30,31,35). The SMILES string of the molecule is Cc1ccccc1N1CCN(C(=O)Cc2csc(NC(=O)CN(C(=O)c3ccc(F)cc3)C3CC3)n2)CC1. The minimum absolute atomic E-state index is 0.00838. The number of piperazine rings is 1. The molecule has 2 fully saturated rings. The molecule has 1 N–H and O–H groups in total. The number of hydrogen-bond donors (Lipinski definition) is 1. The van der Waals surface area contributed by atoms with Crippen LogP contribution in [0.3, 0.4) is 0 Å². The second-order valence-electron chi connectivity index (χ2n) is 9.69. The molecule has 0 bridgehead atoms. The number of amides is 3. The van der Waals surface area contributed by atoms with Gasteiger partial charge in [0.2, 0.25) is 11.8 Å². The third-order valence-corrected chi connectivity index (χ3v) is 7.68. The summed E-state index contributed by atoms with van der Waals surface area (Å²) in [5.41, 5.74) is 3.39. The van der Waals surface area contributed by atoms with Crippen LogP contribution in [0.15, 0.2) is 53.9 Å². The van der Waals surface area contributed by atoms with E-state index in [1.165, 1.54) is 51.8 Å². The van der Waals surface area contributed by atoms with Gasteiger partial charge in [0.05, 0.1) is 12.1 Å². The van der Waals surface area contributed by atoms with Gasteiger partial charge in [0.1, 0.15) is 12.4 Å². The highest BCUT2D eigenvalue weighted by Crippen LogP contribution is 2.28. The zero-order valence-electron chi connectivity index (χ0n) is 21.2. The summed E-state index contributed by atoms with van der Waals surface area (Å²) in [6.07, 6.45) is 1.85. The summed E-state index contributed by atoms with van der Waals surface area (Å²) in [7, 11) is 0. The van der Waals surface area contributed by atoms with Gasteiger partial charge in [-0.25, -0.2) is 9.37 Å². The van der Waals surface area contributed by atoms with Crippen molar-refractivity contribution in [2.24, 2.45) is 0 Å². The van der Waals surface area contributed by atoms with Gasteiger partial charge in [-0.3, -0.25) is 14.4 Å². The average molecular weight is 536 g/mol. The first kappa shape index (κ1) is 25.8. The zero-order chi connectivity index (χ0) is 26.6. The molecule has 2 aromatic carbocycles. The largest absolute Gasteiger partial charge is 0.368 e. The summed E-state index contributed by atoms with van der Waals surface area (Å²) in [4.78, 5) is 48.6. The van der Waals surface area contributed by atoms with Crippen LogP contribution in [0.5, 0.6) is 0 Å². The van der Waals surface area contributed by atoms with Crippen LogP contribution in [-0.2, 0) is 16.0 Å². The van der Waals surface area contributed by atoms with Gasteiger partial charge in [0, 0.05) is 48.9 Å². The Labute approximate surface area is 225 Å². The Balaban J connectivity index is 1.12. The van der Waals surface area contributed by atoms with Crippen molar-refractivity contribution >= 4 is 39.9 Å². The fraction of sp³-hybridized carbons (Fsp3) is 0.357. The van der Waals surface area contributed by atoms with Gasteiger partial charge in [0.15, 0.2) is 5.13 Å². The molecule has 1 aromatic heterocycles. The van der Waals surface area contributed by atoms with Crippen LogP contribution in [0.1, 0.15) is 34.5 Å². The van der Waals surface area contributed by atoms with E-state index in [1.807, 2.05) is 17.0 Å². The Morgan fingerprint density at radius 2 is 1.76 bits per heavy atom. The number of nitrogens with zero attached hydrogens (tertiary/aromatic N) is 4. The monoisotopic (exact) mass is 535 g/mol. The molecule has 1 saturated carbocycles. The molecule has 0 radical (unpaired) electrons. The molecule has 0 unspecified atom stereocenters. The first-order chi connectivity index (χ1) is 18.4. The van der Waals surface area contributed by atoms with Crippen LogP contribution >= 0.6 is 11.3 Å². The quantitative estimate of drug-likeness (QED) is 0.475. The van der Waals surface area contributed by atoms with Crippen molar-refractivity contribution < 1.29 is 18.8 Å². The van der Waals surface area contributed by atoms with Crippen molar-refractivity contribution in [2.45, 2.75) is 32.2 Å². The maximum absolute atomic E-state index is 13.2. The number of hydrogen-bond acceptors (Lipinski definition) is 6. The van der Waals surface area contributed by atoms with Gasteiger partial charge in [-0.2, -0.15) is 0 Å². The summed E-state index contributed by atoms with van der Waals surface area (Å²) in [5, 5.41) is 4.93. The van der Waals surface area contributed by atoms with Crippen molar-refractivity contribution in [3.05, 3.63) is 76.5 Å². The smallest absolute Gasteiger partial charge is 0.254 e. The molecule has 2 heterocycles. The maximum atomic E-state index is 13.2. The number of carbonyl (C=O) groups excluding carboxylic acids is 3. The molecule has 2 aliphatic rings. The lowest BCUT2D eigenvalue weighted by Gasteiger charge is -2.36. The molecule has 38 heavy (non-hydrogen) atoms. The van der Waals surface area contributed by atoms with Crippen LogP contribution in [0, 0.1) is 12.7 Å². The number of rotatable bonds is 8. The van der Waals surface area contributed by atoms with E-state index in [0.717, 1.165) is 25.9 Å². The van der Waals surface area contributed by atoms with Crippen molar-refractivity contribution in [2.75, 3.05) is 42.9 Å². The maximum Gasteiger partial charge on any atom is 0.254 e. The first-order valence-corrected chi connectivity index (χ1v) is 13.6. The van der Waals surface area contributed by atoms with Crippen LogP contribution in [0.4, 0.5) is 15.2 Å². The van der Waals surface area contributed by atoms with Gasteiger partial charge < -0.3 is 20.0 Å². The van der Waals surface area contributed by atoms with E-state index in [-0.39, 0.29) is 36.7 Å². The fourth-order valence-electron chi connectivity index (χ4n) is 4.65. The molecule has 10 heteroatoms. The molecular formula is C28H30FN5O3S. The predicted octanol–water partition coefficient (Wildman–Crippen LogP) is 3.73. The lowest BCUT2D eigenvalue weighted by molar-refractivity contribution is -0.130. The van der Waals surface area contributed by atoms with Crippen LogP contribution in [-0.4, -0.2) is 71.3 Å². The molecule has 5 rings (SSSR count). The number of benzene rings is 2. The first-order valence-electron chi connectivity index (χ1n) is 12.8. The summed E-state index contributed by atoms with van der Waals surface area (Å²) >= 11 is 1.26. The number of aromatic nitrogens is 1. The number of halogens is 1. The molecule has 1 saturated heterocycles. The Kier molecular flexibility index (Phi) is 7.69. The number of thiazole rings is 1. The van der Waals surface area contributed by atoms with E-state index in [1.54, 1.807) is 5.38 Å². The van der Waals surface area contributed by atoms with Crippen LogP contribution in [0.25, 0.3) is 0 Å². The lowest BCUT2D eigenvalue weighted by Crippen LogP contribution is -2.49. The van der Waals surface area contributed by atoms with Gasteiger partial charge in [-0.05, 0) is 55.7 Å². The third kappa shape index (κ3) is 6.19. The molecule has 198 valence electrons. The van der Waals surface area contributed by atoms with Gasteiger partial charge in [0.25, 0.3) is 5.91 Å². The molecule has 1 aliphatic carbocycles. The van der Waals surface area contributed by atoms with E-state index in [4.69, 9.17) is 0 Å². The van der Waals surface area contributed by atoms with E-state index in [2.05, 4.69) is 34.3 Å². The van der Waals surface area contributed by atoms with Gasteiger partial charge in [-0.15, -0.1) is 11.3 Å². The number of anilines is 2. The van der Waals surface area contributed by atoms with Crippen LogP contribution in [0.2, 0.25) is 0 Å². The highest BCUT2D eigenvalue weighted by Gasteiger charge is 2.34. The predicted molar refractivity (Wildman–Crippen MR) is 145 cm³/mol. The molecule has 3 aromatic rings. The molecule has 1 aliphatic heterocycles. The number of aryl methyl sites for hydroxylation is 1. The molecule has 0 atom stereocenters. The second-order valence-corrected chi connectivity index (χ2v) is 10.6. The normalized spacial score (nSPS) is 15.3. The van der Waals surface area contributed by atoms with E-state index < -0.39 is 5.82 Å². The molecule has 0 spiro atoms. The number of para-hydroxylation sites is 1. The topological polar surface area (TPSA) is 85.9 Å². The van der Waals surface area contributed by atoms with Gasteiger partial charge in [-0.1, -0.05) is 18.2 Å².